The van der Waals surface area contributed by atoms with E-state index in [1.54, 1.807) is 0 Å². The van der Waals surface area contributed by atoms with Gasteiger partial charge in [-0.3, -0.25) is 0 Å². The van der Waals surface area contributed by atoms with Crippen LogP contribution in [0.2, 0.25) is 0 Å². The SMILES string of the molecule is CC1CCCC(NCCNC[C@@H]2CCC3C[C@@H]2C3(C)C)C1C.S.S. The maximum Gasteiger partial charge on any atom is 0.00957 e. The maximum absolute atomic E-state index is 3.81. The van der Waals surface area contributed by atoms with Gasteiger partial charge in [-0.05, 0) is 67.2 Å². The number of hydrogen-bond acceptors (Lipinski definition) is 2. The first-order valence-corrected chi connectivity index (χ1v) is 9.94. The van der Waals surface area contributed by atoms with Crippen LogP contribution in [0.5, 0.6) is 0 Å². The Balaban J connectivity index is 0.00000144. The van der Waals surface area contributed by atoms with E-state index in [1.165, 1.54) is 45.1 Å². The molecule has 0 radical (unpaired) electrons. The lowest BCUT2D eigenvalue weighted by molar-refractivity contribution is -0.103. The van der Waals surface area contributed by atoms with Crippen LogP contribution in [0, 0.1) is 35.0 Å². The quantitative estimate of drug-likeness (QED) is 0.678. The number of nitrogens with one attached hydrogen (secondary N) is 2. The van der Waals surface area contributed by atoms with Gasteiger partial charge >= 0.3 is 0 Å². The van der Waals surface area contributed by atoms with Crippen LogP contribution in [0.15, 0.2) is 0 Å². The Bertz CT molecular complexity index is 373. The minimum Gasteiger partial charge on any atom is -0.315 e. The molecule has 2 bridgehead atoms. The molecule has 4 saturated carbocycles. The smallest absolute Gasteiger partial charge is 0.00957 e. The van der Waals surface area contributed by atoms with E-state index < -0.39 is 0 Å². The molecule has 0 aliphatic heterocycles. The fourth-order valence-corrected chi connectivity index (χ4v) is 5.71. The normalized spacial score (nSPS) is 40.0. The summed E-state index contributed by atoms with van der Waals surface area (Å²) in [6.07, 6.45) is 8.68. The van der Waals surface area contributed by atoms with E-state index in [1.807, 2.05) is 0 Å². The van der Waals surface area contributed by atoms with E-state index >= 15 is 0 Å². The average molecular weight is 375 g/mol. The van der Waals surface area contributed by atoms with Crippen molar-refractivity contribution in [2.24, 2.45) is 35.0 Å². The number of hydrogen-bond donors (Lipinski definition) is 2. The van der Waals surface area contributed by atoms with Gasteiger partial charge in [0, 0.05) is 19.1 Å². The largest absolute Gasteiger partial charge is 0.315 e. The van der Waals surface area contributed by atoms with Crippen molar-refractivity contribution < 1.29 is 0 Å². The van der Waals surface area contributed by atoms with Gasteiger partial charge in [0.1, 0.15) is 0 Å². The first kappa shape index (κ1) is 22.7. The predicted molar refractivity (Wildman–Crippen MR) is 116 cm³/mol. The van der Waals surface area contributed by atoms with Gasteiger partial charge in [0.2, 0.25) is 0 Å². The summed E-state index contributed by atoms with van der Waals surface area (Å²) in [5, 5.41) is 7.57. The van der Waals surface area contributed by atoms with E-state index in [0.717, 1.165) is 48.7 Å². The molecule has 4 heteroatoms. The second-order valence-electron chi connectivity index (χ2n) is 9.23. The Kier molecular flexibility index (Phi) is 8.99. The second-order valence-corrected chi connectivity index (χ2v) is 9.23. The fourth-order valence-electron chi connectivity index (χ4n) is 5.71. The summed E-state index contributed by atoms with van der Waals surface area (Å²) in [6, 6.07) is 0.756. The van der Waals surface area contributed by atoms with Crippen LogP contribution in [-0.4, -0.2) is 25.7 Å². The van der Waals surface area contributed by atoms with Gasteiger partial charge in [-0.2, -0.15) is 27.0 Å². The second kappa shape index (κ2) is 9.53. The maximum atomic E-state index is 3.81. The lowest BCUT2D eigenvalue weighted by atomic mass is 9.45. The zero-order valence-corrected chi connectivity index (χ0v) is 18.3. The average Bonchev–Trinajstić information content (AvgIpc) is 2.51. The van der Waals surface area contributed by atoms with Crippen LogP contribution in [0.3, 0.4) is 0 Å². The molecule has 0 spiro atoms. The van der Waals surface area contributed by atoms with Gasteiger partial charge in [-0.25, -0.2) is 0 Å². The highest BCUT2D eigenvalue weighted by Gasteiger charge is 2.53. The van der Waals surface area contributed by atoms with Crippen LogP contribution in [-0.2, 0) is 0 Å². The fraction of sp³-hybridized carbons (Fsp3) is 1.00. The molecule has 4 aliphatic rings. The zero-order chi connectivity index (χ0) is 15.7. The summed E-state index contributed by atoms with van der Waals surface area (Å²) >= 11 is 0. The Labute approximate surface area is 164 Å². The first-order chi connectivity index (χ1) is 10.5. The van der Waals surface area contributed by atoms with Crippen molar-refractivity contribution >= 4 is 27.0 Å². The van der Waals surface area contributed by atoms with Gasteiger partial charge in [-0.15, -0.1) is 0 Å². The van der Waals surface area contributed by atoms with Crippen LogP contribution >= 0.6 is 27.0 Å². The van der Waals surface area contributed by atoms with Crippen molar-refractivity contribution in [2.75, 3.05) is 19.6 Å². The highest BCUT2D eigenvalue weighted by atomic mass is 32.1. The molecule has 4 aliphatic carbocycles. The molecule has 144 valence electrons. The topological polar surface area (TPSA) is 24.1 Å². The number of rotatable bonds is 6. The molecule has 4 fully saturated rings. The minimum atomic E-state index is 0. The third kappa shape index (κ3) is 4.66. The molecule has 0 saturated heterocycles. The van der Waals surface area contributed by atoms with Crippen LogP contribution < -0.4 is 10.6 Å². The summed E-state index contributed by atoms with van der Waals surface area (Å²) in [5.74, 6) is 4.71. The van der Waals surface area contributed by atoms with E-state index in [4.69, 9.17) is 0 Å². The molecule has 2 N–H and O–H groups in total. The monoisotopic (exact) mass is 374 g/mol. The lowest BCUT2D eigenvalue weighted by Crippen LogP contribution is -2.54. The van der Waals surface area contributed by atoms with Gasteiger partial charge in [-0.1, -0.05) is 40.5 Å². The standard InChI is InChI=1S/C20H38N2.2H2S/c1-14-6-5-7-19(15(14)2)22-11-10-21-13-16-8-9-17-12-18(16)20(17,3)4;;/h14-19,21-22H,5-13H2,1-4H3;2*1H2/t14?,15?,16-,17?,18-,19?;;/m0../s1. The Morgan fingerprint density at radius 1 is 0.958 bits per heavy atom. The molecular formula is C20H42N2S2. The zero-order valence-electron chi connectivity index (χ0n) is 16.3. The molecule has 0 amide bonds. The van der Waals surface area contributed by atoms with E-state index in [0.29, 0.717) is 5.41 Å². The summed E-state index contributed by atoms with van der Waals surface area (Å²) in [7, 11) is 0. The van der Waals surface area contributed by atoms with Gasteiger partial charge in [0.15, 0.2) is 0 Å². The lowest BCUT2D eigenvalue weighted by Gasteiger charge is -2.60. The van der Waals surface area contributed by atoms with Gasteiger partial charge in [0.25, 0.3) is 0 Å². The molecule has 24 heavy (non-hydrogen) atoms. The highest BCUT2D eigenvalue weighted by Crippen LogP contribution is 2.61. The molecule has 4 unspecified atom stereocenters. The van der Waals surface area contributed by atoms with Crippen molar-refractivity contribution in [2.45, 2.75) is 72.3 Å². The Morgan fingerprint density at radius 2 is 1.71 bits per heavy atom. The van der Waals surface area contributed by atoms with E-state index in [-0.39, 0.29) is 27.0 Å². The van der Waals surface area contributed by atoms with Gasteiger partial charge < -0.3 is 10.6 Å². The van der Waals surface area contributed by atoms with E-state index in [9.17, 15) is 0 Å². The van der Waals surface area contributed by atoms with Gasteiger partial charge in [0.05, 0.1) is 0 Å². The summed E-state index contributed by atoms with van der Waals surface area (Å²) in [6.45, 7) is 13.4. The predicted octanol–water partition coefficient (Wildman–Crippen LogP) is 4.29. The van der Waals surface area contributed by atoms with Crippen molar-refractivity contribution in [1.82, 2.24) is 10.6 Å². The van der Waals surface area contributed by atoms with Crippen LogP contribution in [0.1, 0.15) is 66.2 Å². The Hall–Kier alpha value is 0.620. The van der Waals surface area contributed by atoms with Crippen molar-refractivity contribution in [1.29, 1.82) is 0 Å². The summed E-state index contributed by atoms with van der Waals surface area (Å²) in [4.78, 5) is 0. The molecule has 4 rings (SSSR count). The van der Waals surface area contributed by atoms with Crippen molar-refractivity contribution in [3.05, 3.63) is 0 Å². The minimum absolute atomic E-state index is 0. The summed E-state index contributed by atoms with van der Waals surface area (Å²) < 4.78 is 0. The number of fused-ring (bicyclic) bond motifs is 2. The molecule has 0 aromatic heterocycles. The van der Waals surface area contributed by atoms with Crippen molar-refractivity contribution in [3.8, 4) is 0 Å². The highest BCUT2D eigenvalue weighted by molar-refractivity contribution is 7.59. The molecule has 6 atom stereocenters. The van der Waals surface area contributed by atoms with Crippen molar-refractivity contribution in [3.63, 3.8) is 0 Å². The molecule has 0 heterocycles. The van der Waals surface area contributed by atoms with Crippen LogP contribution in [0.4, 0.5) is 0 Å². The van der Waals surface area contributed by atoms with Crippen LogP contribution in [0.25, 0.3) is 0 Å². The molecule has 2 nitrogen and oxygen atoms in total. The molecular weight excluding hydrogens is 332 g/mol. The third-order valence-corrected chi connectivity index (χ3v) is 7.82. The molecule has 0 aromatic carbocycles. The first-order valence-electron chi connectivity index (χ1n) is 9.94. The summed E-state index contributed by atoms with van der Waals surface area (Å²) in [5.41, 5.74) is 0.635. The Morgan fingerprint density at radius 3 is 2.38 bits per heavy atom. The van der Waals surface area contributed by atoms with E-state index in [2.05, 4.69) is 38.3 Å². The third-order valence-electron chi connectivity index (χ3n) is 7.82. The molecule has 0 aromatic rings.